The van der Waals surface area contributed by atoms with Crippen LogP contribution in [0.25, 0.3) is 16.5 Å². The Hall–Kier alpha value is -3.74. The highest BCUT2D eigenvalue weighted by molar-refractivity contribution is 6.08. The van der Waals surface area contributed by atoms with Gasteiger partial charge < -0.3 is 5.32 Å². The van der Waals surface area contributed by atoms with E-state index in [0.717, 1.165) is 49.5 Å². The second-order valence-electron chi connectivity index (χ2n) is 11.4. The summed E-state index contributed by atoms with van der Waals surface area (Å²) in [6.45, 7) is 6.54. The number of amides is 1. The Balaban J connectivity index is 1.43. The number of benzene rings is 3. The maximum absolute atomic E-state index is 14.3. The first kappa shape index (κ1) is 27.4. The summed E-state index contributed by atoms with van der Waals surface area (Å²) in [5.41, 5.74) is 3.13. The predicted octanol–water partition coefficient (Wildman–Crippen LogP) is 5.93. The van der Waals surface area contributed by atoms with Crippen LogP contribution >= 0.6 is 0 Å². The van der Waals surface area contributed by atoms with Crippen LogP contribution in [0.4, 0.5) is 0 Å². The fourth-order valence-corrected chi connectivity index (χ4v) is 6.76. The van der Waals surface area contributed by atoms with E-state index in [0.29, 0.717) is 28.9 Å². The van der Waals surface area contributed by atoms with Crippen LogP contribution < -0.4 is 10.9 Å². The zero-order valence-electron chi connectivity index (χ0n) is 24.0. The molecule has 1 N–H and O–H groups in total. The van der Waals surface area contributed by atoms with Crippen LogP contribution in [0, 0.1) is 0 Å². The number of pyridine rings is 1. The van der Waals surface area contributed by atoms with E-state index in [-0.39, 0.29) is 17.5 Å². The van der Waals surface area contributed by atoms with Gasteiger partial charge in [-0.3, -0.25) is 24.0 Å². The molecule has 0 bridgehead atoms. The molecule has 1 saturated heterocycles. The van der Waals surface area contributed by atoms with E-state index in [9.17, 15) is 9.59 Å². The molecule has 0 unspecified atom stereocenters. The van der Waals surface area contributed by atoms with Crippen LogP contribution in [0.15, 0.2) is 89.7 Å². The molecule has 2 aliphatic rings. The van der Waals surface area contributed by atoms with Gasteiger partial charge in [-0.25, -0.2) is 0 Å². The highest BCUT2D eigenvalue weighted by Gasteiger charge is 2.29. The molecule has 1 atom stereocenters. The lowest BCUT2D eigenvalue weighted by Gasteiger charge is -2.38. The van der Waals surface area contributed by atoms with Crippen molar-refractivity contribution >= 4 is 16.7 Å². The molecule has 1 amide bonds. The van der Waals surface area contributed by atoms with Crippen molar-refractivity contribution < 1.29 is 4.79 Å². The van der Waals surface area contributed by atoms with Gasteiger partial charge in [-0.2, -0.15) is 0 Å². The number of carbonyl (C=O) groups is 1. The number of nitrogens with zero attached hydrogens (tertiary/aromatic N) is 3. The third kappa shape index (κ3) is 5.72. The number of carbonyl (C=O) groups excluding carboxylic acids is 1. The van der Waals surface area contributed by atoms with Gasteiger partial charge in [-0.05, 0) is 43.0 Å². The van der Waals surface area contributed by atoms with Crippen molar-refractivity contribution in [2.24, 2.45) is 0 Å². The molecule has 6 rings (SSSR count). The molecule has 4 aromatic rings. The summed E-state index contributed by atoms with van der Waals surface area (Å²) in [7, 11) is 0. The van der Waals surface area contributed by atoms with E-state index in [1.807, 2.05) is 72.8 Å². The third-order valence-electron chi connectivity index (χ3n) is 8.97. The van der Waals surface area contributed by atoms with E-state index in [4.69, 9.17) is 0 Å². The molecule has 1 aromatic heterocycles. The molecule has 2 fully saturated rings. The van der Waals surface area contributed by atoms with Crippen LogP contribution in [0.1, 0.15) is 66.7 Å². The van der Waals surface area contributed by atoms with Crippen LogP contribution in [-0.4, -0.2) is 52.5 Å². The van der Waals surface area contributed by atoms with Crippen molar-refractivity contribution in [1.82, 2.24) is 19.7 Å². The van der Waals surface area contributed by atoms with Crippen molar-refractivity contribution in [2.45, 2.75) is 57.7 Å². The number of hydrogen-bond acceptors (Lipinski definition) is 4. The first-order valence-corrected chi connectivity index (χ1v) is 15.2. The monoisotopic (exact) mass is 548 g/mol. The van der Waals surface area contributed by atoms with E-state index in [1.54, 1.807) is 4.57 Å². The summed E-state index contributed by atoms with van der Waals surface area (Å²) >= 11 is 0. The van der Waals surface area contributed by atoms with E-state index in [2.05, 4.69) is 34.2 Å². The Morgan fingerprint density at radius 2 is 1.44 bits per heavy atom. The molecule has 1 saturated carbocycles. The average Bonchev–Trinajstić information content (AvgIpc) is 3.57. The number of para-hydroxylation sites is 1. The predicted molar refractivity (Wildman–Crippen MR) is 166 cm³/mol. The van der Waals surface area contributed by atoms with Crippen LogP contribution in [-0.2, 0) is 6.54 Å². The number of nitrogens with one attached hydrogen (secondary N) is 1. The van der Waals surface area contributed by atoms with Crippen molar-refractivity contribution in [3.8, 4) is 5.69 Å². The Labute approximate surface area is 242 Å². The molecule has 212 valence electrons. The lowest BCUT2D eigenvalue weighted by Crippen LogP contribution is -2.49. The SMILES string of the molecule is CC[C@H](NC(=O)c1c(CN2CCN(C3CCCC3)CC2)n(-c2ccccc2)c(=O)c2ccccc12)c1ccccc1. The maximum Gasteiger partial charge on any atom is 0.263 e. The minimum Gasteiger partial charge on any atom is -0.345 e. The number of rotatable bonds is 8. The summed E-state index contributed by atoms with van der Waals surface area (Å²) < 4.78 is 1.78. The molecule has 6 nitrogen and oxygen atoms in total. The van der Waals surface area contributed by atoms with Gasteiger partial charge in [0.2, 0.25) is 0 Å². The number of piperazine rings is 1. The highest BCUT2D eigenvalue weighted by atomic mass is 16.2. The second kappa shape index (κ2) is 12.4. The van der Waals surface area contributed by atoms with Crippen LogP contribution in [0.5, 0.6) is 0 Å². The molecule has 2 heterocycles. The van der Waals surface area contributed by atoms with Gasteiger partial charge >= 0.3 is 0 Å². The van der Waals surface area contributed by atoms with Gasteiger partial charge in [0.25, 0.3) is 11.5 Å². The molecule has 0 radical (unpaired) electrons. The van der Waals surface area contributed by atoms with Gasteiger partial charge in [0.15, 0.2) is 0 Å². The summed E-state index contributed by atoms with van der Waals surface area (Å²) in [5.74, 6) is -0.138. The zero-order valence-corrected chi connectivity index (χ0v) is 24.0. The van der Waals surface area contributed by atoms with Gasteiger partial charge in [0.05, 0.1) is 17.3 Å². The van der Waals surface area contributed by atoms with Crippen molar-refractivity contribution in [3.63, 3.8) is 0 Å². The van der Waals surface area contributed by atoms with Gasteiger partial charge in [0.1, 0.15) is 0 Å². The molecule has 0 spiro atoms. The van der Waals surface area contributed by atoms with Gasteiger partial charge in [-0.1, -0.05) is 86.5 Å². The molecule has 1 aliphatic carbocycles. The fraction of sp³-hybridized carbons (Fsp3) is 0.371. The Morgan fingerprint density at radius 3 is 2.10 bits per heavy atom. The van der Waals surface area contributed by atoms with Crippen LogP contribution in [0.2, 0.25) is 0 Å². The van der Waals surface area contributed by atoms with E-state index < -0.39 is 0 Å². The number of hydrogen-bond donors (Lipinski definition) is 1. The smallest absolute Gasteiger partial charge is 0.263 e. The summed E-state index contributed by atoms with van der Waals surface area (Å²) in [5, 5.41) is 4.60. The molecule has 3 aromatic carbocycles. The standard InChI is InChI=1S/C35H40N4O2/c1-2-31(26-13-5-3-6-14-26)36-34(40)33-29-19-11-12-20-30(29)35(41)39(28-17-7-4-8-18-28)32(33)25-37-21-23-38(24-22-37)27-15-9-10-16-27/h3-8,11-14,17-20,27,31H,2,9-10,15-16,21-25H2,1H3,(H,36,40)/t31-/m0/s1. The molecular weight excluding hydrogens is 508 g/mol. The highest BCUT2D eigenvalue weighted by Crippen LogP contribution is 2.28. The summed E-state index contributed by atoms with van der Waals surface area (Å²) in [6, 6.07) is 28.0. The van der Waals surface area contributed by atoms with Crippen molar-refractivity contribution in [3.05, 3.63) is 112 Å². The largest absolute Gasteiger partial charge is 0.345 e. The molecule has 6 heteroatoms. The zero-order chi connectivity index (χ0) is 28.2. The first-order valence-electron chi connectivity index (χ1n) is 15.2. The third-order valence-corrected chi connectivity index (χ3v) is 8.97. The number of aromatic nitrogens is 1. The Bertz CT molecular complexity index is 1540. The van der Waals surface area contributed by atoms with Crippen molar-refractivity contribution in [1.29, 1.82) is 0 Å². The lowest BCUT2D eigenvalue weighted by atomic mass is 9.99. The molecule has 1 aliphatic heterocycles. The van der Waals surface area contributed by atoms with Gasteiger partial charge in [-0.15, -0.1) is 0 Å². The van der Waals surface area contributed by atoms with E-state index in [1.165, 1.54) is 25.7 Å². The average molecular weight is 549 g/mol. The number of fused-ring (bicyclic) bond motifs is 1. The summed E-state index contributed by atoms with van der Waals surface area (Å²) in [4.78, 5) is 33.5. The topological polar surface area (TPSA) is 57.6 Å². The second-order valence-corrected chi connectivity index (χ2v) is 11.4. The Morgan fingerprint density at radius 1 is 0.829 bits per heavy atom. The Kier molecular flexibility index (Phi) is 8.31. The van der Waals surface area contributed by atoms with Gasteiger partial charge in [0, 0.05) is 55.2 Å². The quantitative estimate of drug-likeness (QED) is 0.297. The van der Waals surface area contributed by atoms with E-state index >= 15 is 0 Å². The maximum atomic E-state index is 14.3. The molecule has 41 heavy (non-hydrogen) atoms. The first-order chi connectivity index (χ1) is 20.1. The lowest BCUT2D eigenvalue weighted by molar-refractivity contribution is 0.0896. The normalized spacial score (nSPS) is 17.6. The minimum absolute atomic E-state index is 0.0851. The minimum atomic E-state index is -0.138. The fourth-order valence-electron chi connectivity index (χ4n) is 6.76. The molecular formula is C35H40N4O2. The van der Waals surface area contributed by atoms with Crippen LogP contribution in [0.3, 0.4) is 0 Å². The van der Waals surface area contributed by atoms with Crippen molar-refractivity contribution in [2.75, 3.05) is 26.2 Å². The summed E-state index contributed by atoms with van der Waals surface area (Å²) in [6.07, 6.45) is 6.06.